The highest BCUT2D eigenvalue weighted by molar-refractivity contribution is 7.83. The van der Waals surface area contributed by atoms with Crippen molar-refractivity contribution in [2.24, 2.45) is 5.92 Å². The van der Waals surface area contributed by atoms with Crippen LogP contribution in [0.1, 0.15) is 27.2 Å². The van der Waals surface area contributed by atoms with Crippen LogP contribution in [0.5, 0.6) is 0 Å². The van der Waals surface area contributed by atoms with Gasteiger partial charge in [-0.2, -0.15) is 8.42 Å². The maximum atomic E-state index is 10.9. The number of nitrogens with zero attached hydrogens (tertiary/aromatic N) is 1. The van der Waals surface area contributed by atoms with Gasteiger partial charge < -0.3 is 0 Å². The SMILES string of the molecule is CC(C)CC(C)(Cl)N(CCl)S(=O)(=O)O. The van der Waals surface area contributed by atoms with Gasteiger partial charge in [0.15, 0.2) is 0 Å². The van der Waals surface area contributed by atoms with Gasteiger partial charge >= 0.3 is 10.3 Å². The number of halogens is 2. The Morgan fingerprint density at radius 2 is 1.93 bits per heavy atom. The van der Waals surface area contributed by atoms with E-state index in [1.54, 1.807) is 0 Å². The Hall–Kier alpha value is 0.450. The second-order valence-electron chi connectivity index (χ2n) is 3.69. The molecule has 1 unspecified atom stereocenters. The van der Waals surface area contributed by atoms with E-state index in [1.807, 2.05) is 13.8 Å². The first-order chi connectivity index (χ1) is 6.11. The van der Waals surface area contributed by atoms with E-state index in [9.17, 15) is 8.42 Å². The highest BCUT2D eigenvalue weighted by Gasteiger charge is 2.37. The van der Waals surface area contributed by atoms with Crippen molar-refractivity contribution in [3.63, 3.8) is 0 Å². The summed E-state index contributed by atoms with van der Waals surface area (Å²) in [6.45, 7) is 5.30. The van der Waals surface area contributed by atoms with Crippen LogP contribution in [0.4, 0.5) is 0 Å². The van der Waals surface area contributed by atoms with Gasteiger partial charge in [-0.15, -0.1) is 27.5 Å². The molecule has 0 radical (unpaired) electrons. The molecule has 0 fully saturated rings. The molecular weight excluding hydrogens is 249 g/mol. The van der Waals surface area contributed by atoms with Crippen molar-refractivity contribution >= 4 is 33.5 Å². The largest absolute Gasteiger partial charge is 0.338 e. The molecule has 0 saturated carbocycles. The normalized spacial score (nSPS) is 17.4. The topological polar surface area (TPSA) is 57.6 Å². The first kappa shape index (κ1) is 14.5. The minimum Gasteiger partial charge on any atom is -0.273 e. The number of hydrogen-bond donors (Lipinski definition) is 1. The van der Waals surface area contributed by atoms with Gasteiger partial charge in [0.1, 0.15) is 5.00 Å². The Kier molecular flexibility index (Phi) is 5.15. The lowest BCUT2D eigenvalue weighted by atomic mass is 10.1. The molecule has 0 spiro atoms. The van der Waals surface area contributed by atoms with E-state index >= 15 is 0 Å². The van der Waals surface area contributed by atoms with Crippen molar-refractivity contribution in [2.75, 3.05) is 6.00 Å². The van der Waals surface area contributed by atoms with Crippen LogP contribution in [-0.2, 0) is 10.3 Å². The summed E-state index contributed by atoms with van der Waals surface area (Å²) in [6, 6.07) is -0.369. The fourth-order valence-corrected chi connectivity index (χ4v) is 3.28. The molecule has 7 heteroatoms. The molecule has 86 valence electrons. The van der Waals surface area contributed by atoms with Crippen LogP contribution < -0.4 is 0 Å². The summed E-state index contributed by atoms with van der Waals surface area (Å²) >= 11 is 11.4. The molecule has 0 aromatic rings. The molecular formula is C7H15Cl2NO3S. The standard InChI is InChI=1S/C7H15Cl2NO3S/c1-6(2)4-7(3,9)10(5-8)14(11,12)13/h6H,4-5H2,1-3H3,(H,11,12,13). The third kappa shape index (κ3) is 4.31. The zero-order valence-electron chi connectivity index (χ0n) is 8.37. The quantitative estimate of drug-likeness (QED) is 0.471. The smallest absolute Gasteiger partial charge is 0.273 e. The third-order valence-electron chi connectivity index (χ3n) is 1.69. The maximum absolute atomic E-state index is 10.9. The lowest BCUT2D eigenvalue weighted by Gasteiger charge is -2.32. The van der Waals surface area contributed by atoms with Crippen LogP contribution in [0.15, 0.2) is 0 Å². The lowest BCUT2D eigenvalue weighted by Crippen LogP contribution is -2.45. The predicted octanol–water partition coefficient (Wildman–Crippen LogP) is 2.29. The monoisotopic (exact) mass is 263 g/mol. The summed E-state index contributed by atoms with van der Waals surface area (Å²) in [5, 5.41) is 0. The van der Waals surface area contributed by atoms with Gasteiger partial charge in [-0.1, -0.05) is 13.8 Å². The summed E-state index contributed by atoms with van der Waals surface area (Å²) in [6.07, 6.45) is 0.404. The zero-order chi connectivity index (χ0) is 11.6. The maximum Gasteiger partial charge on any atom is 0.338 e. The predicted molar refractivity (Wildman–Crippen MR) is 57.8 cm³/mol. The molecule has 0 aliphatic carbocycles. The van der Waals surface area contributed by atoms with Crippen LogP contribution in [0.2, 0.25) is 0 Å². The van der Waals surface area contributed by atoms with Crippen LogP contribution in [0, 0.1) is 5.92 Å². The molecule has 0 bridgehead atoms. The van der Waals surface area contributed by atoms with Gasteiger partial charge in [0.2, 0.25) is 0 Å². The Balaban J connectivity index is 4.84. The summed E-state index contributed by atoms with van der Waals surface area (Å²) in [4.78, 5) is -1.19. The first-order valence-corrected chi connectivity index (χ1v) is 6.42. The van der Waals surface area contributed by atoms with E-state index < -0.39 is 15.3 Å². The Morgan fingerprint density at radius 3 is 2.14 bits per heavy atom. The number of rotatable bonds is 5. The summed E-state index contributed by atoms with van der Waals surface area (Å²) < 4.78 is 31.3. The van der Waals surface area contributed by atoms with E-state index in [0.29, 0.717) is 10.7 Å². The summed E-state index contributed by atoms with van der Waals surface area (Å²) in [5.41, 5.74) is 0. The Morgan fingerprint density at radius 1 is 1.50 bits per heavy atom. The summed E-state index contributed by atoms with van der Waals surface area (Å²) in [7, 11) is -4.35. The van der Waals surface area contributed by atoms with Crippen molar-refractivity contribution in [1.82, 2.24) is 4.31 Å². The van der Waals surface area contributed by atoms with Crippen molar-refractivity contribution < 1.29 is 13.0 Å². The minimum absolute atomic E-state index is 0.199. The van der Waals surface area contributed by atoms with Gasteiger partial charge in [0, 0.05) is 0 Å². The van der Waals surface area contributed by atoms with Gasteiger partial charge in [-0.3, -0.25) is 4.55 Å². The third-order valence-corrected chi connectivity index (χ3v) is 3.62. The average molecular weight is 264 g/mol. The molecule has 0 aliphatic heterocycles. The fraction of sp³-hybridized carbons (Fsp3) is 1.00. The molecule has 1 atom stereocenters. The molecule has 0 rings (SSSR count). The van der Waals surface area contributed by atoms with Crippen LogP contribution in [0.25, 0.3) is 0 Å². The van der Waals surface area contributed by atoms with E-state index in [4.69, 9.17) is 27.8 Å². The molecule has 0 aliphatic rings. The molecule has 0 heterocycles. The van der Waals surface area contributed by atoms with Crippen LogP contribution in [-0.4, -0.2) is 28.3 Å². The van der Waals surface area contributed by atoms with E-state index in [2.05, 4.69) is 0 Å². The van der Waals surface area contributed by atoms with Crippen molar-refractivity contribution in [3.05, 3.63) is 0 Å². The van der Waals surface area contributed by atoms with Crippen LogP contribution >= 0.6 is 23.2 Å². The van der Waals surface area contributed by atoms with E-state index in [0.717, 1.165) is 0 Å². The average Bonchev–Trinajstić information content (AvgIpc) is 1.79. The second-order valence-corrected chi connectivity index (χ2v) is 6.08. The van der Waals surface area contributed by atoms with Gasteiger partial charge in [-0.25, -0.2) is 0 Å². The molecule has 0 amide bonds. The summed E-state index contributed by atoms with van der Waals surface area (Å²) in [5.74, 6) is 0.199. The van der Waals surface area contributed by atoms with Gasteiger partial charge in [-0.05, 0) is 19.3 Å². The van der Waals surface area contributed by atoms with Crippen molar-refractivity contribution in [1.29, 1.82) is 0 Å². The van der Waals surface area contributed by atoms with Crippen molar-refractivity contribution in [3.8, 4) is 0 Å². The first-order valence-electron chi connectivity index (χ1n) is 4.11. The molecule has 4 nitrogen and oxygen atoms in total. The van der Waals surface area contributed by atoms with Crippen LogP contribution in [0.3, 0.4) is 0 Å². The molecule has 0 saturated heterocycles. The number of alkyl halides is 2. The van der Waals surface area contributed by atoms with Gasteiger partial charge in [0.25, 0.3) is 0 Å². The minimum atomic E-state index is -4.35. The highest BCUT2D eigenvalue weighted by atomic mass is 35.5. The molecule has 1 N–H and O–H groups in total. The second kappa shape index (κ2) is 4.99. The van der Waals surface area contributed by atoms with E-state index in [1.165, 1.54) is 6.92 Å². The Bertz CT molecular complexity index is 277. The van der Waals surface area contributed by atoms with Gasteiger partial charge in [0.05, 0.1) is 6.00 Å². The fourth-order valence-electron chi connectivity index (χ4n) is 1.27. The zero-order valence-corrected chi connectivity index (χ0v) is 10.7. The molecule has 14 heavy (non-hydrogen) atoms. The molecule has 0 aromatic carbocycles. The highest BCUT2D eigenvalue weighted by Crippen LogP contribution is 2.30. The Labute approximate surface area is 95.1 Å². The lowest BCUT2D eigenvalue weighted by molar-refractivity contribution is 0.260. The number of hydrogen-bond acceptors (Lipinski definition) is 2. The molecule has 0 aromatic heterocycles. The van der Waals surface area contributed by atoms with Crippen molar-refractivity contribution in [2.45, 2.75) is 32.2 Å². The van der Waals surface area contributed by atoms with E-state index in [-0.39, 0.29) is 11.9 Å².